The number of carbonyl (C=O) groups excluding carboxylic acids is 1. The summed E-state index contributed by atoms with van der Waals surface area (Å²) in [6.07, 6.45) is 3.09. The molecule has 0 fully saturated rings. The number of aliphatic hydroxyl groups is 1. The Morgan fingerprint density at radius 3 is 2.60 bits per heavy atom. The quantitative estimate of drug-likeness (QED) is 0.794. The molecule has 114 valence electrons. The molecule has 2 atom stereocenters. The number of aryl methyl sites for hydroxylation is 2. The topological polar surface area (TPSA) is 67.2 Å². The largest absolute Gasteiger partial charge is 0.395 e. The Labute approximate surface area is 125 Å². The SMILES string of the molecule is CSC(CO)C(C)NC(=O)CCc1c(C)nn(C)c1C. The number of carbonyl (C=O) groups is 1. The lowest BCUT2D eigenvalue weighted by Gasteiger charge is -2.21. The molecule has 0 aromatic carbocycles. The van der Waals surface area contributed by atoms with Crippen LogP contribution in [0, 0.1) is 13.8 Å². The van der Waals surface area contributed by atoms with Gasteiger partial charge in [-0.3, -0.25) is 9.48 Å². The predicted octanol–water partition coefficient (Wildman–Crippen LogP) is 1.20. The van der Waals surface area contributed by atoms with Crippen molar-refractivity contribution in [1.82, 2.24) is 15.1 Å². The van der Waals surface area contributed by atoms with Crippen molar-refractivity contribution in [2.24, 2.45) is 7.05 Å². The molecule has 1 aromatic rings. The molecule has 1 aromatic heterocycles. The molecule has 0 spiro atoms. The fraction of sp³-hybridized carbons (Fsp3) is 0.714. The van der Waals surface area contributed by atoms with E-state index in [1.54, 1.807) is 11.8 Å². The van der Waals surface area contributed by atoms with Gasteiger partial charge in [0.15, 0.2) is 0 Å². The van der Waals surface area contributed by atoms with Crippen molar-refractivity contribution in [2.75, 3.05) is 12.9 Å². The van der Waals surface area contributed by atoms with Crippen LogP contribution in [-0.4, -0.2) is 44.9 Å². The predicted molar refractivity (Wildman–Crippen MR) is 83.0 cm³/mol. The fourth-order valence-corrected chi connectivity index (χ4v) is 2.90. The van der Waals surface area contributed by atoms with Gasteiger partial charge in [-0.05, 0) is 39.0 Å². The molecule has 0 saturated carbocycles. The summed E-state index contributed by atoms with van der Waals surface area (Å²) < 4.78 is 1.85. The van der Waals surface area contributed by atoms with Gasteiger partial charge in [-0.2, -0.15) is 16.9 Å². The molecule has 0 bridgehead atoms. The highest BCUT2D eigenvalue weighted by molar-refractivity contribution is 7.99. The number of nitrogens with one attached hydrogen (secondary N) is 1. The Balaban J connectivity index is 2.51. The van der Waals surface area contributed by atoms with Crippen LogP contribution < -0.4 is 5.32 Å². The van der Waals surface area contributed by atoms with Crippen molar-refractivity contribution in [3.8, 4) is 0 Å². The molecule has 20 heavy (non-hydrogen) atoms. The minimum Gasteiger partial charge on any atom is -0.395 e. The molecule has 0 radical (unpaired) electrons. The summed E-state index contributed by atoms with van der Waals surface area (Å²) in [5, 5.41) is 16.6. The lowest BCUT2D eigenvalue weighted by atomic mass is 10.1. The number of rotatable bonds is 7. The van der Waals surface area contributed by atoms with Gasteiger partial charge in [0.25, 0.3) is 0 Å². The summed E-state index contributed by atoms with van der Waals surface area (Å²) in [4.78, 5) is 12.0. The van der Waals surface area contributed by atoms with E-state index in [0.717, 1.165) is 17.0 Å². The Morgan fingerprint density at radius 2 is 2.15 bits per heavy atom. The Hall–Kier alpha value is -1.01. The minimum absolute atomic E-state index is 0.0210. The number of hydrogen-bond acceptors (Lipinski definition) is 4. The van der Waals surface area contributed by atoms with Gasteiger partial charge in [0, 0.05) is 30.5 Å². The van der Waals surface area contributed by atoms with Crippen LogP contribution >= 0.6 is 11.8 Å². The van der Waals surface area contributed by atoms with Gasteiger partial charge >= 0.3 is 0 Å². The van der Waals surface area contributed by atoms with Gasteiger partial charge in [-0.25, -0.2) is 0 Å². The molecule has 6 heteroatoms. The first kappa shape index (κ1) is 17.0. The van der Waals surface area contributed by atoms with Gasteiger partial charge in [-0.1, -0.05) is 0 Å². The van der Waals surface area contributed by atoms with Gasteiger partial charge in [0.1, 0.15) is 0 Å². The lowest BCUT2D eigenvalue weighted by Crippen LogP contribution is -2.41. The van der Waals surface area contributed by atoms with Crippen molar-refractivity contribution in [2.45, 2.75) is 44.9 Å². The molecule has 2 unspecified atom stereocenters. The number of thioether (sulfide) groups is 1. The van der Waals surface area contributed by atoms with Crippen LogP contribution in [0.15, 0.2) is 0 Å². The van der Waals surface area contributed by atoms with Crippen molar-refractivity contribution in [1.29, 1.82) is 0 Å². The van der Waals surface area contributed by atoms with E-state index in [1.165, 1.54) is 0 Å². The fourth-order valence-electron chi connectivity index (χ4n) is 2.27. The van der Waals surface area contributed by atoms with Crippen LogP contribution in [0.25, 0.3) is 0 Å². The normalized spacial score (nSPS) is 14.1. The van der Waals surface area contributed by atoms with Gasteiger partial charge in [0.2, 0.25) is 5.91 Å². The minimum atomic E-state index is -0.0291. The molecule has 1 amide bonds. The second kappa shape index (κ2) is 7.69. The first-order valence-corrected chi connectivity index (χ1v) is 8.11. The zero-order chi connectivity index (χ0) is 15.3. The molecule has 0 aliphatic carbocycles. The average Bonchev–Trinajstić information content (AvgIpc) is 2.62. The van der Waals surface area contributed by atoms with E-state index in [4.69, 9.17) is 0 Å². The summed E-state index contributed by atoms with van der Waals surface area (Å²) in [6, 6.07) is -0.0291. The number of nitrogens with zero attached hydrogens (tertiary/aromatic N) is 2. The highest BCUT2D eigenvalue weighted by Crippen LogP contribution is 2.14. The first-order valence-electron chi connectivity index (χ1n) is 6.82. The average molecular weight is 299 g/mol. The molecule has 0 aliphatic rings. The zero-order valence-corrected chi connectivity index (χ0v) is 13.8. The molecule has 2 N–H and O–H groups in total. The maximum Gasteiger partial charge on any atom is 0.220 e. The molecule has 1 heterocycles. The third kappa shape index (κ3) is 4.24. The van der Waals surface area contributed by atoms with Gasteiger partial charge < -0.3 is 10.4 Å². The summed E-state index contributed by atoms with van der Waals surface area (Å²) in [6.45, 7) is 5.99. The second-order valence-electron chi connectivity index (χ2n) is 5.09. The molecule has 0 aliphatic heterocycles. The van der Waals surface area contributed by atoms with E-state index >= 15 is 0 Å². The maximum absolute atomic E-state index is 12.0. The van der Waals surface area contributed by atoms with Crippen molar-refractivity contribution < 1.29 is 9.90 Å². The Bertz CT molecular complexity index is 456. The maximum atomic E-state index is 12.0. The molecule has 5 nitrogen and oxygen atoms in total. The summed E-state index contributed by atoms with van der Waals surface area (Å²) in [5.41, 5.74) is 3.25. The van der Waals surface area contributed by atoms with Crippen LogP contribution in [0.5, 0.6) is 0 Å². The number of hydrogen-bond donors (Lipinski definition) is 2. The van der Waals surface area contributed by atoms with Gasteiger partial charge in [-0.15, -0.1) is 0 Å². The highest BCUT2D eigenvalue weighted by Gasteiger charge is 2.18. The molecule has 1 rings (SSSR count). The number of aromatic nitrogens is 2. The van der Waals surface area contributed by atoms with E-state index in [0.29, 0.717) is 12.8 Å². The number of amides is 1. The van der Waals surface area contributed by atoms with E-state index in [1.807, 2.05) is 38.8 Å². The third-order valence-corrected chi connectivity index (χ3v) is 4.85. The summed E-state index contributed by atoms with van der Waals surface area (Å²) >= 11 is 1.56. The van der Waals surface area contributed by atoms with Crippen LogP contribution in [-0.2, 0) is 18.3 Å². The smallest absolute Gasteiger partial charge is 0.220 e. The van der Waals surface area contributed by atoms with Crippen LogP contribution in [0.1, 0.15) is 30.3 Å². The van der Waals surface area contributed by atoms with E-state index in [9.17, 15) is 9.90 Å². The Morgan fingerprint density at radius 1 is 1.50 bits per heavy atom. The number of aliphatic hydroxyl groups excluding tert-OH is 1. The van der Waals surface area contributed by atoms with E-state index in [2.05, 4.69) is 10.4 Å². The summed E-state index contributed by atoms with van der Waals surface area (Å²) in [5.74, 6) is 0.0210. The zero-order valence-electron chi connectivity index (χ0n) is 12.9. The molecular formula is C14H25N3O2S. The van der Waals surface area contributed by atoms with Crippen LogP contribution in [0.2, 0.25) is 0 Å². The monoisotopic (exact) mass is 299 g/mol. The standard InChI is InChI=1S/C14H25N3O2S/c1-9-12(11(3)17(4)16-9)6-7-14(19)15-10(2)13(8-18)20-5/h10,13,18H,6-8H2,1-5H3,(H,15,19). The van der Waals surface area contributed by atoms with E-state index in [-0.39, 0.29) is 23.8 Å². The third-order valence-electron chi connectivity index (χ3n) is 3.69. The van der Waals surface area contributed by atoms with E-state index < -0.39 is 0 Å². The second-order valence-corrected chi connectivity index (χ2v) is 6.16. The van der Waals surface area contributed by atoms with Crippen molar-refractivity contribution in [3.05, 3.63) is 17.0 Å². The van der Waals surface area contributed by atoms with Crippen LogP contribution in [0.3, 0.4) is 0 Å². The highest BCUT2D eigenvalue weighted by atomic mass is 32.2. The van der Waals surface area contributed by atoms with Crippen molar-refractivity contribution in [3.63, 3.8) is 0 Å². The lowest BCUT2D eigenvalue weighted by molar-refractivity contribution is -0.121. The van der Waals surface area contributed by atoms with Crippen molar-refractivity contribution >= 4 is 17.7 Å². The molecule has 0 saturated heterocycles. The summed E-state index contributed by atoms with van der Waals surface area (Å²) in [7, 11) is 1.91. The first-order chi connectivity index (χ1) is 9.40. The Kier molecular flexibility index (Phi) is 6.55. The van der Waals surface area contributed by atoms with Crippen LogP contribution in [0.4, 0.5) is 0 Å². The molecular weight excluding hydrogens is 274 g/mol. The van der Waals surface area contributed by atoms with Gasteiger partial charge in [0.05, 0.1) is 12.3 Å².